The topological polar surface area (TPSA) is 50.2 Å². The van der Waals surface area contributed by atoms with Crippen LogP contribution in [0.25, 0.3) is 16.9 Å². The van der Waals surface area contributed by atoms with E-state index in [1.165, 1.54) is 23.9 Å². The fraction of sp³-hybridized carbons (Fsp3) is 0.214. The van der Waals surface area contributed by atoms with Gasteiger partial charge in [-0.25, -0.2) is 4.68 Å². The Bertz CT molecular complexity index is 1390. The summed E-state index contributed by atoms with van der Waals surface area (Å²) >= 11 is 6.24. The molecule has 1 aliphatic rings. The fourth-order valence-electron chi connectivity index (χ4n) is 4.44. The van der Waals surface area contributed by atoms with Crippen molar-refractivity contribution in [3.63, 3.8) is 0 Å². The first-order valence-electron chi connectivity index (χ1n) is 12.0. The molecule has 5 nitrogen and oxygen atoms in total. The highest BCUT2D eigenvalue weighted by atomic mass is 35.5. The molecule has 0 atom stereocenters. The van der Waals surface area contributed by atoms with E-state index >= 15 is 0 Å². The first-order chi connectivity index (χ1) is 17.8. The SMILES string of the molecule is O=C(Nc1ccc(N2CCCCC2)cc1)c1ccc(-c2cc(C(F)(F)F)nn2-c2ccccc2Cl)cc1. The lowest BCUT2D eigenvalue weighted by molar-refractivity contribution is -0.141. The number of hydrogen-bond acceptors (Lipinski definition) is 3. The summed E-state index contributed by atoms with van der Waals surface area (Å²) < 4.78 is 41.5. The summed E-state index contributed by atoms with van der Waals surface area (Å²) in [6.07, 6.45) is -0.990. The molecule has 5 rings (SSSR count). The van der Waals surface area contributed by atoms with Gasteiger partial charge in [-0.3, -0.25) is 4.79 Å². The van der Waals surface area contributed by atoms with E-state index in [9.17, 15) is 18.0 Å². The molecule has 1 aromatic heterocycles. The minimum atomic E-state index is -4.62. The smallest absolute Gasteiger partial charge is 0.372 e. The largest absolute Gasteiger partial charge is 0.435 e. The minimum Gasteiger partial charge on any atom is -0.372 e. The minimum absolute atomic E-state index is 0.209. The van der Waals surface area contributed by atoms with Gasteiger partial charge in [0.15, 0.2) is 5.69 Å². The summed E-state index contributed by atoms with van der Waals surface area (Å²) in [5.41, 5.74) is 2.15. The Morgan fingerprint density at radius 2 is 1.57 bits per heavy atom. The van der Waals surface area contributed by atoms with Crippen LogP contribution in [0.3, 0.4) is 0 Å². The van der Waals surface area contributed by atoms with Crippen molar-refractivity contribution in [2.24, 2.45) is 0 Å². The molecule has 1 N–H and O–H groups in total. The van der Waals surface area contributed by atoms with Crippen molar-refractivity contribution < 1.29 is 18.0 Å². The molecule has 0 unspecified atom stereocenters. The molecule has 3 aromatic carbocycles. The lowest BCUT2D eigenvalue weighted by atomic mass is 10.1. The molecule has 190 valence electrons. The average Bonchev–Trinajstić information content (AvgIpc) is 3.36. The van der Waals surface area contributed by atoms with Crippen LogP contribution in [0.4, 0.5) is 24.5 Å². The molecule has 4 aromatic rings. The van der Waals surface area contributed by atoms with Crippen LogP contribution in [0.1, 0.15) is 35.3 Å². The van der Waals surface area contributed by atoms with Crippen LogP contribution in [-0.2, 0) is 6.18 Å². The maximum atomic E-state index is 13.5. The molecule has 2 heterocycles. The van der Waals surface area contributed by atoms with Gasteiger partial charge in [-0.1, -0.05) is 35.9 Å². The summed E-state index contributed by atoms with van der Waals surface area (Å²) in [7, 11) is 0. The monoisotopic (exact) mass is 524 g/mol. The van der Waals surface area contributed by atoms with Gasteiger partial charge in [0.05, 0.1) is 16.4 Å². The third kappa shape index (κ3) is 5.49. The molecule has 1 amide bonds. The van der Waals surface area contributed by atoms with Gasteiger partial charge in [0, 0.05) is 35.6 Å². The second-order valence-corrected chi connectivity index (χ2v) is 9.31. The van der Waals surface area contributed by atoms with Crippen molar-refractivity contribution in [3.05, 3.63) is 95.1 Å². The number of nitrogens with one attached hydrogen (secondary N) is 1. The molecule has 0 spiro atoms. The Labute approximate surface area is 217 Å². The second-order valence-electron chi connectivity index (χ2n) is 8.90. The van der Waals surface area contributed by atoms with Gasteiger partial charge in [0.25, 0.3) is 5.91 Å². The van der Waals surface area contributed by atoms with Crippen LogP contribution >= 0.6 is 11.6 Å². The maximum absolute atomic E-state index is 13.5. The molecule has 9 heteroatoms. The molecule has 0 saturated carbocycles. The molecule has 37 heavy (non-hydrogen) atoms. The number of alkyl halides is 3. The number of piperidine rings is 1. The first-order valence-corrected chi connectivity index (χ1v) is 12.4. The number of amides is 1. The Hall–Kier alpha value is -3.78. The van der Waals surface area contributed by atoms with Gasteiger partial charge in [-0.15, -0.1) is 0 Å². The highest BCUT2D eigenvalue weighted by Crippen LogP contribution is 2.34. The van der Waals surface area contributed by atoms with E-state index in [2.05, 4.69) is 15.3 Å². The van der Waals surface area contributed by atoms with Gasteiger partial charge in [0.1, 0.15) is 0 Å². The van der Waals surface area contributed by atoms with Crippen molar-refractivity contribution in [1.29, 1.82) is 0 Å². The summed E-state index contributed by atoms with van der Waals surface area (Å²) in [5.74, 6) is -0.312. The Morgan fingerprint density at radius 3 is 2.22 bits per heavy atom. The summed E-state index contributed by atoms with van der Waals surface area (Å²) in [6, 6.07) is 21.6. The van der Waals surface area contributed by atoms with E-state index in [0.29, 0.717) is 22.5 Å². The second kappa shape index (κ2) is 10.3. The van der Waals surface area contributed by atoms with E-state index in [1.807, 2.05) is 24.3 Å². The number of hydrogen-bond donors (Lipinski definition) is 1. The van der Waals surface area contributed by atoms with Gasteiger partial charge in [-0.05, 0) is 73.9 Å². The number of benzene rings is 3. The van der Waals surface area contributed by atoms with E-state index in [-0.39, 0.29) is 16.6 Å². The summed E-state index contributed by atoms with van der Waals surface area (Å²) in [5, 5.41) is 6.91. The predicted octanol–water partition coefficient (Wildman–Crippen LogP) is 7.45. The van der Waals surface area contributed by atoms with Crippen molar-refractivity contribution in [2.75, 3.05) is 23.3 Å². The normalized spacial score (nSPS) is 14.0. The van der Waals surface area contributed by atoms with E-state index in [0.717, 1.165) is 24.8 Å². The van der Waals surface area contributed by atoms with Gasteiger partial charge < -0.3 is 10.2 Å². The quantitative estimate of drug-likeness (QED) is 0.295. The average molecular weight is 525 g/mol. The van der Waals surface area contributed by atoms with Crippen LogP contribution in [0.2, 0.25) is 5.02 Å². The molecule has 0 bridgehead atoms. The standard InChI is InChI=1S/C28H24ClF3N4O/c29-23-6-2-3-7-24(23)36-25(18-26(34-36)28(30,31)32)19-8-10-20(11-9-19)27(37)33-21-12-14-22(15-13-21)35-16-4-1-5-17-35/h2-3,6-15,18H,1,4-5,16-17H2,(H,33,37). The van der Waals surface area contributed by atoms with Crippen LogP contribution in [0.15, 0.2) is 78.9 Å². The predicted molar refractivity (Wildman–Crippen MR) is 139 cm³/mol. The summed E-state index contributed by atoms with van der Waals surface area (Å²) in [6.45, 7) is 2.08. The maximum Gasteiger partial charge on any atom is 0.435 e. The zero-order chi connectivity index (χ0) is 26.0. The third-order valence-electron chi connectivity index (χ3n) is 6.37. The molecule has 1 fully saturated rings. The Balaban J connectivity index is 1.36. The van der Waals surface area contributed by atoms with Crippen LogP contribution < -0.4 is 10.2 Å². The Morgan fingerprint density at radius 1 is 0.892 bits per heavy atom. The first kappa shape index (κ1) is 24.9. The number of carbonyl (C=O) groups excluding carboxylic acids is 1. The number of carbonyl (C=O) groups is 1. The highest BCUT2D eigenvalue weighted by molar-refractivity contribution is 6.32. The lowest BCUT2D eigenvalue weighted by Gasteiger charge is -2.28. The van der Waals surface area contributed by atoms with Crippen LogP contribution in [0, 0.1) is 0 Å². The van der Waals surface area contributed by atoms with Crippen LogP contribution in [-0.4, -0.2) is 28.8 Å². The third-order valence-corrected chi connectivity index (χ3v) is 6.69. The number of nitrogens with zero attached hydrogens (tertiary/aromatic N) is 3. The van der Waals surface area contributed by atoms with E-state index in [1.54, 1.807) is 48.5 Å². The number of aromatic nitrogens is 2. The number of para-hydroxylation sites is 1. The van der Waals surface area contributed by atoms with Crippen molar-refractivity contribution in [3.8, 4) is 16.9 Å². The number of rotatable bonds is 5. The molecule has 0 aliphatic carbocycles. The Kier molecular flexibility index (Phi) is 6.93. The lowest BCUT2D eigenvalue weighted by Crippen LogP contribution is -2.29. The van der Waals surface area contributed by atoms with Gasteiger partial charge in [0.2, 0.25) is 0 Å². The zero-order valence-electron chi connectivity index (χ0n) is 19.8. The fourth-order valence-corrected chi connectivity index (χ4v) is 4.65. The zero-order valence-corrected chi connectivity index (χ0v) is 20.6. The van der Waals surface area contributed by atoms with Crippen molar-refractivity contribution in [1.82, 2.24) is 9.78 Å². The number of halogens is 4. The van der Waals surface area contributed by atoms with E-state index in [4.69, 9.17) is 11.6 Å². The molecular weight excluding hydrogens is 501 g/mol. The van der Waals surface area contributed by atoms with Gasteiger partial charge in [-0.2, -0.15) is 18.3 Å². The molecule has 0 radical (unpaired) electrons. The van der Waals surface area contributed by atoms with E-state index < -0.39 is 11.9 Å². The summed E-state index contributed by atoms with van der Waals surface area (Å²) in [4.78, 5) is 15.2. The molecular formula is C28H24ClF3N4O. The van der Waals surface area contributed by atoms with Gasteiger partial charge >= 0.3 is 6.18 Å². The van der Waals surface area contributed by atoms with Crippen molar-refractivity contribution in [2.45, 2.75) is 25.4 Å². The van der Waals surface area contributed by atoms with Crippen LogP contribution in [0.5, 0.6) is 0 Å². The van der Waals surface area contributed by atoms with Crippen molar-refractivity contribution >= 4 is 28.9 Å². The highest BCUT2D eigenvalue weighted by Gasteiger charge is 2.35. The number of anilines is 2. The molecule has 1 aliphatic heterocycles. The molecule has 1 saturated heterocycles.